The summed E-state index contributed by atoms with van der Waals surface area (Å²) < 4.78 is 27.6. The number of nitrogens with one attached hydrogen (secondary N) is 3. The molecule has 0 atom stereocenters. The first-order valence-corrected chi connectivity index (χ1v) is 13.1. The number of hydrogen-bond acceptors (Lipinski definition) is 5. The molecule has 0 aliphatic carbocycles. The maximum absolute atomic E-state index is 12.5. The van der Waals surface area contributed by atoms with E-state index in [-0.39, 0.29) is 23.3 Å². The van der Waals surface area contributed by atoms with Gasteiger partial charge in [-0.15, -0.1) is 11.8 Å². The van der Waals surface area contributed by atoms with Crippen LogP contribution in [-0.2, 0) is 21.4 Å². The van der Waals surface area contributed by atoms with E-state index in [4.69, 9.17) is 0 Å². The van der Waals surface area contributed by atoms with E-state index in [0.29, 0.717) is 17.8 Å². The second-order valence-electron chi connectivity index (χ2n) is 7.64. The number of anilines is 1. The van der Waals surface area contributed by atoms with Crippen LogP contribution >= 0.6 is 11.8 Å². The van der Waals surface area contributed by atoms with E-state index in [2.05, 4.69) is 39.6 Å². The highest BCUT2D eigenvalue weighted by atomic mass is 32.2. The highest BCUT2D eigenvalue weighted by Gasteiger charge is 2.14. The molecule has 7 nitrogen and oxygen atoms in total. The largest absolute Gasteiger partial charge is 0.351 e. The van der Waals surface area contributed by atoms with Gasteiger partial charge in [-0.25, -0.2) is 13.1 Å². The summed E-state index contributed by atoms with van der Waals surface area (Å²) in [6.45, 7) is 4.06. The van der Waals surface area contributed by atoms with Crippen molar-refractivity contribution in [1.29, 1.82) is 0 Å². The van der Waals surface area contributed by atoms with Crippen LogP contribution in [0, 0.1) is 6.92 Å². The molecule has 0 saturated heterocycles. The van der Waals surface area contributed by atoms with Gasteiger partial charge in [-0.1, -0.05) is 29.8 Å². The molecule has 0 spiro atoms. The molecule has 0 fully saturated rings. The van der Waals surface area contributed by atoms with E-state index in [0.717, 1.165) is 16.2 Å². The number of carbonyl (C=O) groups excluding carboxylic acids is 2. The van der Waals surface area contributed by atoms with E-state index in [1.807, 2.05) is 6.92 Å². The van der Waals surface area contributed by atoms with Crippen LogP contribution in [0.15, 0.2) is 82.6 Å². The number of rotatable bonds is 10. The lowest BCUT2D eigenvalue weighted by atomic mass is 10.1. The minimum Gasteiger partial charge on any atom is -0.351 e. The molecular formula is C25H27N3O4S2. The normalized spacial score (nSPS) is 11.1. The van der Waals surface area contributed by atoms with Gasteiger partial charge in [0, 0.05) is 41.9 Å². The molecule has 0 radical (unpaired) electrons. The monoisotopic (exact) mass is 497 g/mol. The van der Waals surface area contributed by atoms with Crippen LogP contribution in [-0.4, -0.2) is 32.5 Å². The molecule has 0 saturated carbocycles. The quantitative estimate of drug-likeness (QED) is 0.291. The smallest absolute Gasteiger partial charge is 0.251 e. The second kappa shape index (κ2) is 11.8. The summed E-state index contributed by atoms with van der Waals surface area (Å²) in [6, 6.07) is 21.0. The first kappa shape index (κ1) is 25.5. The molecule has 0 aromatic heterocycles. The first-order valence-electron chi connectivity index (χ1n) is 10.7. The number of thioether (sulfide) groups is 1. The van der Waals surface area contributed by atoms with Gasteiger partial charge in [0.05, 0.1) is 4.90 Å². The van der Waals surface area contributed by atoms with Gasteiger partial charge in [0.1, 0.15) is 0 Å². The Morgan fingerprint density at radius 1 is 0.882 bits per heavy atom. The molecule has 0 unspecified atom stereocenters. The van der Waals surface area contributed by atoms with Crippen LogP contribution in [0.5, 0.6) is 0 Å². The maximum atomic E-state index is 12.5. The first-order chi connectivity index (χ1) is 16.2. The summed E-state index contributed by atoms with van der Waals surface area (Å²) in [4.78, 5) is 24.7. The van der Waals surface area contributed by atoms with Crippen molar-refractivity contribution in [3.8, 4) is 0 Å². The van der Waals surface area contributed by atoms with Crippen molar-refractivity contribution in [2.75, 3.05) is 17.6 Å². The van der Waals surface area contributed by atoms with Crippen LogP contribution in [0.3, 0.4) is 0 Å². The van der Waals surface area contributed by atoms with Crippen molar-refractivity contribution < 1.29 is 18.0 Å². The zero-order chi connectivity index (χ0) is 24.6. The van der Waals surface area contributed by atoms with E-state index in [1.54, 1.807) is 36.0 Å². The van der Waals surface area contributed by atoms with E-state index in [1.165, 1.54) is 36.8 Å². The minimum absolute atomic E-state index is 0.0882. The van der Waals surface area contributed by atoms with Crippen molar-refractivity contribution in [3.63, 3.8) is 0 Å². The molecule has 3 aromatic carbocycles. The molecule has 0 bridgehead atoms. The third-order valence-corrected chi connectivity index (χ3v) is 7.28. The van der Waals surface area contributed by atoms with Gasteiger partial charge in [0.15, 0.2) is 0 Å². The Kier molecular flexibility index (Phi) is 8.86. The van der Waals surface area contributed by atoms with Crippen molar-refractivity contribution in [1.82, 2.24) is 10.0 Å². The summed E-state index contributed by atoms with van der Waals surface area (Å²) >= 11 is 1.68. The summed E-state index contributed by atoms with van der Waals surface area (Å²) in [6.07, 6.45) is 0. The zero-order valence-electron chi connectivity index (χ0n) is 19.0. The van der Waals surface area contributed by atoms with Crippen LogP contribution in [0.2, 0.25) is 0 Å². The second-order valence-corrected chi connectivity index (χ2v) is 10.6. The van der Waals surface area contributed by atoms with Crippen LogP contribution < -0.4 is 15.4 Å². The molecule has 2 amide bonds. The van der Waals surface area contributed by atoms with Gasteiger partial charge in [-0.05, 0) is 61.0 Å². The van der Waals surface area contributed by atoms with Crippen molar-refractivity contribution in [2.45, 2.75) is 30.2 Å². The average molecular weight is 498 g/mol. The number of carbonyl (C=O) groups is 2. The van der Waals surface area contributed by atoms with Gasteiger partial charge in [0.25, 0.3) is 5.91 Å². The lowest BCUT2D eigenvalue weighted by Crippen LogP contribution is -2.26. The lowest BCUT2D eigenvalue weighted by Gasteiger charge is -2.09. The Morgan fingerprint density at radius 3 is 2.15 bits per heavy atom. The fourth-order valence-corrected chi connectivity index (χ4v) is 4.81. The van der Waals surface area contributed by atoms with E-state index >= 15 is 0 Å². The third kappa shape index (κ3) is 7.72. The molecule has 178 valence electrons. The minimum atomic E-state index is -3.71. The molecule has 3 rings (SSSR count). The van der Waals surface area contributed by atoms with Crippen LogP contribution in [0.25, 0.3) is 0 Å². The molecule has 34 heavy (non-hydrogen) atoms. The molecule has 9 heteroatoms. The SMILES string of the molecule is CC(=O)Nc1ccc(S(=O)(=O)NCc2ccc(C(=O)NCCSc3ccc(C)cc3)cc2)cc1. The molecular weight excluding hydrogens is 470 g/mol. The van der Waals surface area contributed by atoms with Gasteiger partial charge < -0.3 is 10.6 Å². The van der Waals surface area contributed by atoms with Crippen molar-refractivity contribution in [2.24, 2.45) is 0 Å². The van der Waals surface area contributed by atoms with Crippen molar-refractivity contribution >= 4 is 39.3 Å². The Morgan fingerprint density at radius 2 is 1.53 bits per heavy atom. The maximum Gasteiger partial charge on any atom is 0.251 e. The van der Waals surface area contributed by atoms with Gasteiger partial charge in [-0.2, -0.15) is 0 Å². The molecule has 3 aromatic rings. The number of hydrogen-bond donors (Lipinski definition) is 3. The van der Waals surface area contributed by atoms with Crippen LogP contribution in [0.4, 0.5) is 5.69 Å². The predicted molar refractivity (Wildman–Crippen MR) is 135 cm³/mol. The number of sulfonamides is 1. The summed E-state index contributed by atoms with van der Waals surface area (Å²) in [5.41, 5.74) is 2.98. The van der Waals surface area contributed by atoms with Crippen molar-refractivity contribution in [3.05, 3.63) is 89.5 Å². The summed E-state index contributed by atoms with van der Waals surface area (Å²) in [5.74, 6) is 0.364. The van der Waals surface area contributed by atoms with Gasteiger partial charge >= 0.3 is 0 Å². The third-order valence-electron chi connectivity index (χ3n) is 4.84. The van der Waals surface area contributed by atoms with Gasteiger partial charge in [-0.3, -0.25) is 9.59 Å². The van der Waals surface area contributed by atoms with E-state index < -0.39 is 10.0 Å². The number of amides is 2. The Bertz CT molecular complexity index is 1220. The highest BCUT2D eigenvalue weighted by Crippen LogP contribution is 2.18. The van der Waals surface area contributed by atoms with E-state index in [9.17, 15) is 18.0 Å². The molecule has 0 aliphatic heterocycles. The Hall–Kier alpha value is -3.14. The Balaban J connectivity index is 1.46. The molecule has 3 N–H and O–H groups in total. The predicted octanol–water partition coefficient (Wildman–Crippen LogP) is 3.95. The highest BCUT2D eigenvalue weighted by molar-refractivity contribution is 7.99. The lowest BCUT2D eigenvalue weighted by molar-refractivity contribution is -0.114. The summed E-state index contributed by atoms with van der Waals surface area (Å²) in [7, 11) is -3.71. The van der Waals surface area contributed by atoms with Crippen LogP contribution in [0.1, 0.15) is 28.4 Å². The topological polar surface area (TPSA) is 104 Å². The number of benzene rings is 3. The summed E-state index contributed by atoms with van der Waals surface area (Å²) in [5, 5.41) is 5.49. The number of aryl methyl sites for hydroxylation is 1. The fraction of sp³-hybridized carbons (Fsp3) is 0.200. The van der Waals surface area contributed by atoms with Gasteiger partial charge in [0.2, 0.25) is 15.9 Å². The zero-order valence-corrected chi connectivity index (χ0v) is 20.6. The standard InChI is InChI=1S/C25H27N3O4S2/c1-18-3-11-23(12-4-18)33-16-15-26-25(30)21-7-5-20(6-8-21)17-27-34(31,32)24-13-9-22(10-14-24)28-19(2)29/h3-14,27H,15-17H2,1-2H3,(H,26,30)(H,28,29). The molecule has 0 heterocycles. The fourth-order valence-electron chi connectivity index (χ4n) is 3.03. The Labute approximate surface area is 204 Å². The molecule has 0 aliphatic rings. The average Bonchev–Trinajstić information content (AvgIpc) is 2.82.